The van der Waals surface area contributed by atoms with Gasteiger partial charge in [0.15, 0.2) is 0 Å². The summed E-state index contributed by atoms with van der Waals surface area (Å²) >= 11 is 0. The highest BCUT2D eigenvalue weighted by Crippen LogP contribution is 2.34. The van der Waals surface area contributed by atoms with Gasteiger partial charge in [-0.05, 0) is 0 Å². The van der Waals surface area contributed by atoms with Crippen LogP contribution in [0.5, 0.6) is 0 Å². The van der Waals surface area contributed by atoms with E-state index in [9.17, 15) is 18.0 Å². The minimum Gasteiger partial charge on any atom is -0.380 e. The van der Waals surface area contributed by atoms with Crippen LogP contribution in [0.4, 0.5) is 13.2 Å². The zero-order valence-electron chi connectivity index (χ0n) is 7.86. The van der Waals surface area contributed by atoms with Gasteiger partial charge in [0.2, 0.25) is 0 Å². The van der Waals surface area contributed by atoms with Crippen LogP contribution in [0.3, 0.4) is 0 Å². The molecule has 1 unspecified atom stereocenters. The molecule has 2 fully saturated rings. The SMILES string of the molecule is O=C(NC1CNCC12COC2)C(F)(F)F. The Morgan fingerprint density at radius 2 is 2.13 bits per heavy atom. The normalized spacial score (nSPS) is 28.9. The van der Waals surface area contributed by atoms with E-state index in [2.05, 4.69) is 5.32 Å². The minimum absolute atomic E-state index is 0.332. The van der Waals surface area contributed by atoms with E-state index >= 15 is 0 Å². The predicted octanol–water partition coefficient (Wildman–Crippen LogP) is -0.347. The molecule has 0 saturated carbocycles. The lowest BCUT2D eigenvalue weighted by Crippen LogP contribution is -2.59. The average molecular weight is 224 g/mol. The molecule has 1 spiro atoms. The summed E-state index contributed by atoms with van der Waals surface area (Å²) in [6.07, 6.45) is -4.81. The van der Waals surface area contributed by atoms with E-state index in [4.69, 9.17) is 4.74 Å². The maximum absolute atomic E-state index is 12.0. The number of halogens is 3. The molecule has 0 aliphatic carbocycles. The molecule has 0 bridgehead atoms. The topological polar surface area (TPSA) is 50.4 Å². The van der Waals surface area contributed by atoms with Crippen LogP contribution < -0.4 is 10.6 Å². The van der Waals surface area contributed by atoms with Gasteiger partial charge in [0.05, 0.1) is 24.7 Å². The van der Waals surface area contributed by atoms with E-state index in [-0.39, 0.29) is 5.41 Å². The molecule has 86 valence electrons. The lowest BCUT2D eigenvalue weighted by atomic mass is 9.81. The van der Waals surface area contributed by atoms with Crippen molar-refractivity contribution in [2.45, 2.75) is 12.2 Å². The maximum atomic E-state index is 12.0. The third-order valence-corrected chi connectivity index (χ3v) is 2.91. The maximum Gasteiger partial charge on any atom is 0.471 e. The Balaban J connectivity index is 1.97. The first-order valence-electron chi connectivity index (χ1n) is 4.60. The second kappa shape index (κ2) is 3.34. The summed E-state index contributed by atoms with van der Waals surface area (Å²) in [7, 11) is 0. The molecule has 0 aromatic rings. The zero-order valence-corrected chi connectivity index (χ0v) is 7.86. The third kappa shape index (κ3) is 1.81. The monoisotopic (exact) mass is 224 g/mol. The number of rotatable bonds is 1. The molecule has 2 saturated heterocycles. The van der Waals surface area contributed by atoms with Gasteiger partial charge in [-0.15, -0.1) is 0 Å². The summed E-state index contributed by atoms with van der Waals surface area (Å²) in [5, 5.41) is 4.96. The fourth-order valence-corrected chi connectivity index (χ4v) is 1.92. The molecule has 0 aromatic heterocycles. The van der Waals surface area contributed by atoms with Crippen LogP contribution in [0, 0.1) is 5.41 Å². The first kappa shape index (κ1) is 10.7. The third-order valence-electron chi connectivity index (χ3n) is 2.91. The van der Waals surface area contributed by atoms with Crippen LogP contribution in [0.1, 0.15) is 0 Å². The molecule has 1 atom stereocenters. The summed E-state index contributed by atoms with van der Waals surface area (Å²) in [6, 6.07) is -0.486. The number of carbonyl (C=O) groups is 1. The van der Waals surface area contributed by atoms with Crippen LogP contribution >= 0.6 is 0 Å². The Kier molecular flexibility index (Phi) is 2.38. The van der Waals surface area contributed by atoms with Gasteiger partial charge in [0.25, 0.3) is 0 Å². The van der Waals surface area contributed by atoms with Gasteiger partial charge in [-0.25, -0.2) is 0 Å². The number of ether oxygens (including phenoxy) is 1. The quantitative estimate of drug-likeness (QED) is 0.640. The van der Waals surface area contributed by atoms with Crippen molar-refractivity contribution in [3.8, 4) is 0 Å². The standard InChI is InChI=1S/C8H11F3N2O2/c9-8(10,11)6(14)13-5-1-12-2-7(5)3-15-4-7/h5,12H,1-4H2,(H,13,14). The van der Waals surface area contributed by atoms with E-state index in [1.54, 1.807) is 0 Å². The summed E-state index contributed by atoms with van der Waals surface area (Å²) in [5.74, 6) is -1.87. The largest absolute Gasteiger partial charge is 0.471 e. The summed E-state index contributed by atoms with van der Waals surface area (Å²) in [4.78, 5) is 10.7. The molecule has 2 heterocycles. The second-order valence-corrected chi connectivity index (χ2v) is 4.01. The van der Waals surface area contributed by atoms with E-state index in [1.807, 2.05) is 5.32 Å². The van der Waals surface area contributed by atoms with Gasteiger partial charge in [0, 0.05) is 13.1 Å². The van der Waals surface area contributed by atoms with E-state index < -0.39 is 18.1 Å². The fraction of sp³-hybridized carbons (Fsp3) is 0.875. The van der Waals surface area contributed by atoms with Crippen molar-refractivity contribution in [3.05, 3.63) is 0 Å². The minimum atomic E-state index is -4.81. The number of alkyl halides is 3. The van der Waals surface area contributed by atoms with Crippen LogP contribution in [0.2, 0.25) is 0 Å². The van der Waals surface area contributed by atoms with Crippen molar-refractivity contribution in [2.24, 2.45) is 5.41 Å². The van der Waals surface area contributed by atoms with Crippen LogP contribution in [-0.2, 0) is 9.53 Å². The molecule has 2 aliphatic rings. The molecular formula is C8H11F3N2O2. The van der Waals surface area contributed by atoms with Crippen molar-refractivity contribution in [1.82, 2.24) is 10.6 Å². The Hall–Kier alpha value is -0.820. The zero-order chi connectivity index (χ0) is 11.1. The van der Waals surface area contributed by atoms with Gasteiger partial charge < -0.3 is 15.4 Å². The number of hydrogen-bond donors (Lipinski definition) is 2. The van der Waals surface area contributed by atoms with Crippen molar-refractivity contribution in [2.75, 3.05) is 26.3 Å². The first-order chi connectivity index (χ1) is 6.94. The van der Waals surface area contributed by atoms with E-state index in [0.29, 0.717) is 26.3 Å². The van der Waals surface area contributed by atoms with Crippen molar-refractivity contribution in [1.29, 1.82) is 0 Å². The van der Waals surface area contributed by atoms with Gasteiger partial charge >= 0.3 is 12.1 Å². The van der Waals surface area contributed by atoms with Gasteiger partial charge in [-0.2, -0.15) is 13.2 Å². The predicted molar refractivity (Wildman–Crippen MR) is 44.1 cm³/mol. The fourth-order valence-electron chi connectivity index (χ4n) is 1.92. The van der Waals surface area contributed by atoms with Crippen molar-refractivity contribution in [3.63, 3.8) is 0 Å². The first-order valence-corrected chi connectivity index (χ1v) is 4.60. The van der Waals surface area contributed by atoms with Crippen molar-refractivity contribution >= 4 is 5.91 Å². The Morgan fingerprint density at radius 3 is 2.60 bits per heavy atom. The molecule has 2 rings (SSSR count). The number of nitrogens with one attached hydrogen (secondary N) is 2. The van der Waals surface area contributed by atoms with Crippen LogP contribution in [-0.4, -0.2) is 44.4 Å². The Labute approximate surface area is 84.2 Å². The highest BCUT2D eigenvalue weighted by Gasteiger charge is 2.51. The number of amides is 1. The van der Waals surface area contributed by atoms with Gasteiger partial charge in [-0.3, -0.25) is 4.79 Å². The van der Waals surface area contributed by atoms with Gasteiger partial charge in [-0.1, -0.05) is 0 Å². The summed E-state index contributed by atoms with van der Waals surface area (Å²) in [5.41, 5.74) is -0.332. The molecule has 2 N–H and O–H groups in total. The van der Waals surface area contributed by atoms with E-state index in [1.165, 1.54) is 0 Å². The summed E-state index contributed by atoms with van der Waals surface area (Å²) < 4.78 is 41.0. The molecule has 15 heavy (non-hydrogen) atoms. The van der Waals surface area contributed by atoms with Crippen LogP contribution in [0.25, 0.3) is 0 Å². The second-order valence-electron chi connectivity index (χ2n) is 4.01. The Morgan fingerprint density at radius 1 is 1.47 bits per heavy atom. The molecule has 1 amide bonds. The highest BCUT2D eigenvalue weighted by molar-refractivity contribution is 5.82. The van der Waals surface area contributed by atoms with Crippen LogP contribution in [0.15, 0.2) is 0 Å². The lowest BCUT2D eigenvalue weighted by Gasteiger charge is -2.42. The number of carbonyl (C=O) groups excluding carboxylic acids is 1. The molecule has 4 nitrogen and oxygen atoms in total. The lowest BCUT2D eigenvalue weighted by molar-refractivity contribution is -0.178. The van der Waals surface area contributed by atoms with Gasteiger partial charge in [0.1, 0.15) is 0 Å². The average Bonchev–Trinajstić information content (AvgIpc) is 2.45. The smallest absolute Gasteiger partial charge is 0.380 e. The molecule has 2 aliphatic heterocycles. The molecule has 0 radical (unpaired) electrons. The number of hydrogen-bond acceptors (Lipinski definition) is 3. The highest BCUT2D eigenvalue weighted by atomic mass is 19.4. The summed E-state index contributed by atoms with van der Waals surface area (Å²) in [6.45, 7) is 1.77. The van der Waals surface area contributed by atoms with Crippen molar-refractivity contribution < 1.29 is 22.7 Å². The molecular weight excluding hydrogens is 213 g/mol. The van der Waals surface area contributed by atoms with E-state index in [0.717, 1.165) is 0 Å². The molecule has 7 heteroatoms. The molecule has 0 aromatic carbocycles. The Bertz CT molecular complexity index is 276.